The standard InChI is InChI=1S/C26H26N2O4/c1-27-20(15-19-4-2-3-5-22(19)27)17-28-12-10-26(11-13-28)16-23(29)21-14-18(7-9-25(30)31)6-8-24(21)32-26/h2-9,14-15H,10-13,16-17H2,1H3,(H,30,31)/b9-7+. The molecular weight excluding hydrogens is 404 g/mol. The van der Waals surface area contributed by atoms with Crippen LogP contribution in [0.3, 0.4) is 0 Å². The number of benzene rings is 2. The van der Waals surface area contributed by atoms with Gasteiger partial charge in [-0.05, 0) is 41.3 Å². The van der Waals surface area contributed by atoms with Crippen LogP contribution < -0.4 is 4.74 Å². The van der Waals surface area contributed by atoms with E-state index in [1.54, 1.807) is 18.2 Å². The van der Waals surface area contributed by atoms with Crippen LogP contribution in [-0.4, -0.2) is 45.0 Å². The van der Waals surface area contributed by atoms with Gasteiger partial charge in [0.2, 0.25) is 0 Å². The number of carbonyl (C=O) groups is 2. The molecule has 6 nitrogen and oxygen atoms in total. The number of nitrogens with zero attached hydrogens (tertiary/aromatic N) is 2. The number of ketones is 1. The molecule has 32 heavy (non-hydrogen) atoms. The van der Waals surface area contributed by atoms with E-state index in [2.05, 4.69) is 46.8 Å². The second-order valence-electron chi connectivity index (χ2n) is 8.84. The maximum absolute atomic E-state index is 12.9. The number of carboxylic acids is 1. The van der Waals surface area contributed by atoms with Gasteiger partial charge in [0.1, 0.15) is 11.4 Å². The number of rotatable bonds is 4. The van der Waals surface area contributed by atoms with Crippen molar-refractivity contribution in [3.8, 4) is 5.75 Å². The third kappa shape index (κ3) is 3.82. The van der Waals surface area contributed by atoms with Crippen molar-refractivity contribution in [2.75, 3.05) is 13.1 Å². The Morgan fingerprint density at radius 1 is 1.16 bits per heavy atom. The first-order valence-corrected chi connectivity index (χ1v) is 11.0. The van der Waals surface area contributed by atoms with Gasteiger partial charge in [-0.2, -0.15) is 0 Å². The van der Waals surface area contributed by atoms with Crippen molar-refractivity contribution >= 4 is 28.7 Å². The van der Waals surface area contributed by atoms with E-state index in [1.165, 1.54) is 22.7 Å². The van der Waals surface area contributed by atoms with Gasteiger partial charge in [0.25, 0.3) is 0 Å². The second kappa shape index (κ2) is 7.95. The van der Waals surface area contributed by atoms with Gasteiger partial charge in [-0.3, -0.25) is 9.69 Å². The maximum atomic E-state index is 12.9. The van der Waals surface area contributed by atoms with E-state index in [4.69, 9.17) is 9.84 Å². The highest BCUT2D eigenvalue weighted by molar-refractivity contribution is 6.01. The molecule has 1 spiro atoms. The molecule has 2 aliphatic rings. The Morgan fingerprint density at radius 3 is 2.69 bits per heavy atom. The number of piperidine rings is 1. The number of fused-ring (bicyclic) bond motifs is 2. The molecule has 1 aromatic heterocycles. The van der Waals surface area contributed by atoms with Gasteiger partial charge in [0, 0.05) is 56.8 Å². The van der Waals surface area contributed by atoms with Gasteiger partial charge in [0.15, 0.2) is 5.78 Å². The number of likely N-dealkylation sites (tertiary alicyclic amines) is 1. The molecule has 0 aliphatic carbocycles. The first kappa shape index (κ1) is 20.5. The summed E-state index contributed by atoms with van der Waals surface area (Å²) in [6.07, 6.45) is 4.55. The van der Waals surface area contributed by atoms with Crippen LogP contribution in [0.2, 0.25) is 0 Å². The molecule has 0 amide bonds. The SMILES string of the molecule is Cn1c(CN2CCC3(CC2)CC(=O)c2cc(/C=C/C(=O)O)ccc2O3)cc2ccccc21. The Balaban J connectivity index is 1.28. The number of para-hydroxylation sites is 1. The summed E-state index contributed by atoms with van der Waals surface area (Å²) in [5.74, 6) is -0.339. The molecule has 2 aliphatic heterocycles. The Labute approximate surface area is 186 Å². The fraction of sp³-hybridized carbons (Fsp3) is 0.308. The number of aryl methyl sites for hydroxylation is 1. The molecule has 0 unspecified atom stereocenters. The van der Waals surface area contributed by atoms with Crippen LogP contribution in [0.15, 0.2) is 54.6 Å². The zero-order valence-corrected chi connectivity index (χ0v) is 18.1. The van der Waals surface area contributed by atoms with Crippen LogP contribution in [0.5, 0.6) is 5.75 Å². The molecule has 6 heteroatoms. The normalized spacial score (nSPS) is 18.2. The van der Waals surface area contributed by atoms with E-state index in [0.717, 1.165) is 38.6 Å². The topological polar surface area (TPSA) is 71.8 Å². The molecule has 0 atom stereocenters. The van der Waals surface area contributed by atoms with Gasteiger partial charge in [-0.1, -0.05) is 24.3 Å². The Morgan fingerprint density at radius 2 is 1.94 bits per heavy atom. The number of aliphatic carboxylic acids is 1. The van der Waals surface area contributed by atoms with E-state index >= 15 is 0 Å². The summed E-state index contributed by atoms with van der Waals surface area (Å²) >= 11 is 0. The third-order valence-electron chi connectivity index (χ3n) is 6.74. The number of ether oxygens (including phenoxy) is 1. The van der Waals surface area contributed by atoms with Crippen LogP contribution in [-0.2, 0) is 18.4 Å². The highest BCUT2D eigenvalue weighted by Gasteiger charge is 2.43. The molecule has 1 N–H and O–H groups in total. The van der Waals surface area contributed by atoms with Crippen molar-refractivity contribution in [3.63, 3.8) is 0 Å². The quantitative estimate of drug-likeness (QED) is 0.626. The molecule has 3 heterocycles. The zero-order chi connectivity index (χ0) is 22.3. The average molecular weight is 431 g/mol. The van der Waals surface area contributed by atoms with Crippen molar-refractivity contribution in [3.05, 3.63) is 71.4 Å². The smallest absolute Gasteiger partial charge is 0.328 e. The zero-order valence-electron chi connectivity index (χ0n) is 18.1. The first-order chi connectivity index (χ1) is 15.4. The predicted octanol–water partition coefficient (Wildman–Crippen LogP) is 4.28. The van der Waals surface area contributed by atoms with E-state index in [9.17, 15) is 9.59 Å². The number of hydrogen-bond acceptors (Lipinski definition) is 4. The predicted molar refractivity (Wildman–Crippen MR) is 123 cm³/mol. The lowest BCUT2D eigenvalue weighted by molar-refractivity contribution is -0.131. The monoisotopic (exact) mass is 430 g/mol. The number of carbonyl (C=O) groups excluding carboxylic acids is 1. The number of carboxylic acid groups (broad SMARTS) is 1. The molecular formula is C26H26N2O4. The van der Waals surface area contributed by atoms with Crippen LogP contribution in [0.1, 0.15) is 40.9 Å². The summed E-state index contributed by atoms with van der Waals surface area (Å²) in [6, 6.07) is 16.0. The van der Waals surface area contributed by atoms with Crippen molar-refractivity contribution in [2.24, 2.45) is 7.05 Å². The molecule has 164 valence electrons. The fourth-order valence-corrected chi connectivity index (χ4v) is 4.91. The van der Waals surface area contributed by atoms with E-state index in [1.807, 2.05) is 0 Å². The third-order valence-corrected chi connectivity index (χ3v) is 6.74. The van der Waals surface area contributed by atoms with Gasteiger partial charge in [-0.15, -0.1) is 0 Å². The Bertz CT molecular complexity index is 1230. The number of Topliss-reactive ketones (excluding diaryl/α,β-unsaturated/α-hetero) is 1. The van der Waals surface area contributed by atoms with Crippen molar-refractivity contribution < 1.29 is 19.4 Å². The van der Waals surface area contributed by atoms with Crippen LogP contribution in [0, 0.1) is 0 Å². The number of hydrogen-bond donors (Lipinski definition) is 1. The molecule has 5 rings (SSSR count). The average Bonchev–Trinajstić information content (AvgIpc) is 3.10. The minimum Gasteiger partial charge on any atom is -0.486 e. The van der Waals surface area contributed by atoms with Crippen molar-refractivity contribution in [1.29, 1.82) is 0 Å². The van der Waals surface area contributed by atoms with Gasteiger partial charge >= 0.3 is 5.97 Å². The molecule has 2 aromatic carbocycles. The lowest BCUT2D eigenvalue weighted by atomic mass is 9.82. The summed E-state index contributed by atoms with van der Waals surface area (Å²) in [5.41, 5.74) is 3.31. The molecule has 1 saturated heterocycles. The fourth-order valence-electron chi connectivity index (χ4n) is 4.91. The number of aromatic nitrogens is 1. The van der Waals surface area contributed by atoms with Crippen LogP contribution >= 0.6 is 0 Å². The molecule has 0 saturated carbocycles. The summed E-state index contributed by atoms with van der Waals surface area (Å²) < 4.78 is 8.65. The summed E-state index contributed by atoms with van der Waals surface area (Å²) in [5, 5.41) is 10.1. The van der Waals surface area contributed by atoms with E-state index in [0.29, 0.717) is 23.3 Å². The summed E-state index contributed by atoms with van der Waals surface area (Å²) in [7, 11) is 2.11. The molecule has 0 radical (unpaired) electrons. The maximum Gasteiger partial charge on any atom is 0.328 e. The van der Waals surface area contributed by atoms with E-state index in [-0.39, 0.29) is 5.78 Å². The molecule has 3 aromatic rings. The van der Waals surface area contributed by atoms with Gasteiger partial charge in [0.05, 0.1) is 12.0 Å². The van der Waals surface area contributed by atoms with E-state index < -0.39 is 11.6 Å². The van der Waals surface area contributed by atoms with Gasteiger partial charge < -0.3 is 14.4 Å². The first-order valence-electron chi connectivity index (χ1n) is 11.0. The van der Waals surface area contributed by atoms with Crippen LogP contribution in [0.4, 0.5) is 0 Å². The lowest BCUT2D eigenvalue weighted by Crippen LogP contribution is -2.50. The Hall–Kier alpha value is -3.38. The minimum absolute atomic E-state index is 0.0685. The molecule has 1 fully saturated rings. The van der Waals surface area contributed by atoms with Crippen molar-refractivity contribution in [2.45, 2.75) is 31.4 Å². The highest BCUT2D eigenvalue weighted by atomic mass is 16.5. The second-order valence-corrected chi connectivity index (χ2v) is 8.84. The minimum atomic E-state index is -1.01. The Kier molecular flexibility index (Phi) is 5.10. The lowest BCUT2D eigenvalue weighted by Gasteiger charge is -2.44. The molecule has 0 bridgehead atoms. The summed E-state index contributed by atoms with van der Waals surface area (Å²) in [4.78, 5) is 26.1. The van der Waals surface area contributed by atoms with Gasteiger partial charge in [-0.25, -0.2) is 4.79 Å². The van der Waals surface area contributed by atoms with Crippen LogP contribution in [0.25, 0.3) is 17.0 Å². The summed E-state index contributed by atoms with van der Waals surface area (Å²) in [6.45, 7) is 2.64. The van der Waals surface area contributed by atoms with Crippen molar-refractivity contribution in [1.82, 2.24) is 9.47 Å². The largest absolute Gasteiger partial charge is 0.486 e. The highest BCUT2D eigenvalue weighted by Crippen LogP contribution is 2.40.